The SMILES string of the molecule is C=CCn1c(SC(C)c2nc(-c3ccc(C)c(F)c3)no2)nnc1-c1ccccc1F. The lowest BCUT2D eigenvalue weighted by atomic mass is 10.1. The molecule has 9 heteroatoms. The molecule has 6 nitrogen and oxygen atoms in total. The van der Waals surface area contributed by atoms with Gasteiger partial charge in [-0.05, 0) is 37.6 Å². The predicted octanol–water partition coefficient (Wildman–Crippen LogP) is 5.62. The molecule has 0 fully saturated rings. The molecule has 31 heavy (non-hydrogen) atoms. The summed E-state index contributed by atoms with van der Waals surface area (Å²) in [5.74, 6) is 0.373. The van der Waals surface area contributed by atoms with Gasteiger partial charge in [-0.3, -0.25) is 4.57 Å². The van der Waals surface area contributed by atoms with Crippen LogP contribution in [0.1, 0.15) is 23.6 Å². The average molecular weight is 439 g/mol. The van der Waals surface area contributed by atoms with Gasteiger partial charge >= 0.3 is 0 Å². The van der Waals surface area contributed by atoms with Gasteiger partial charge in [0.2, 0.25) is 11.7 Å². The van der Waals surface area contributed by atoms with Gasteiger partial charge in [0.25, 0.3) is 0 Å². The third-order valence-electron chi connectivity index (χ3n) is 4.64. The van der Waals surface area contributed by atoms with Crippen LogP contribution in [-0.2, 0) is 6.54 Å². The molecular formula is C22H19F2N5OS. The van der Waals surface area contributed by atoms with Crippen molar-refractivity contribution >= 4 is 11.8 Å². The van der Waals surface area contributed by atoms with Crippen LogP contribution in [0.3, 0.4) is 0 Å². The van der Waals surface area contributed by atoms with E-state index in [0.29, 0.717) is 45.9 Å². The molecule has 0 radical (unpaired) electrons. The normalized spacial score (nSPS) is 12.1. The lowest BCUT2D eigenvalue weighted by Gasteiger charge is -2.10. The fourth-order valence-electron chi connectivity index (χ4n) is 2.97. The molecule has 1 atom stereocenters. The summed E-state index contributed by atoms with van der Waals surface area (Å²) in [6.45, 7) is 7.75. The topological polar surface area (TPSA) is 69.6 Å². The van der Waals surface area contributed by atoms with Crippen molar-refractivity contribution in [3.63, 3.8) is 0 Å². The Morgan fingerprint density at radius 2 is 1.97 bits per heavy atom. The fraction of sp³-hybridized carbons (Fsp3) is 0.182. The van der Waals surface area contributed by atoms with Crippen LogP contribution >= 0.6 is 11.8 Å². The first kappa shape index (κ1) is 20.9. The maximum absolute atomic E-state index is 14.3. The van der Waals surface area contributed by atoms with Gasteiger partial charge in [0, 0.05) is 12.1 Å². The minimum absolute atomic E-state index is 0.266. The van der Waals surface area contributed by atoms with E-state index in [0.717, 1.165) is 0 Å². The summed E-state index contributed by atoms with van der Waals surface area (Å²) in [6.07, 6.45) is 1.69. The fourth-order valence-corrected chi connectivity index (χ4v) is 3.86. The van der Waals surface area contributed by atoms with E-state index in [1.165, 1.54) is 23.9 Å². The molecule has 0 saturated carbocycles. The third kappa shape index (κ3) is 4.27. The molecule has 0 amide bonds. The number of aryl methyl sites for hydroxylation is 1. The zero-order valence-corrected chi connectivity index (χ0v) is 17.7. The summed E-state index contributed by atoms with van der Waals surface area (Å²) in [5.41, 5.74) is 1.44. The standard InChI is InChI=1S/C22H19F2N5OS/c1-4-11-29-20(16-7-5-6-8-17(16)23)26-27-22(29)31-14(3)21-25-19(28-30-21)15-10-9-13(2)18(24)12-15/h4-10,12,14H,1,11H2,2-3H3. The van der Waals surface area contributed by atoms with Crippen LogP contribution < -0.4 is 0 Å². The first-order valence-corrected chi connectivity index (χ1v) is 10.4. The molecular weight excluding hydrogens is 420 g/mol. The Morgan fingerprint density at radius 1 is 1.16 bits per heavy atom. The monoisotopic (exact) mass is 439 g/mol. The summed E-state index contributed by atoms with van der Waals surface area (Å²) >= 11 is 1.35. The second kappa shape index (κ2) is 8.81. The Bertz CT molecular complexity index is 1240. The van der Waals surface area contributed by atoms with Gasteiger partial charge < -0.3 is 4.52 Å². The molecule has 4 rings (SSSR count). The van der Waals surface area contributed by atoms with E-state index in [1.807, 2.05) is 6.92 Å². The molecule has 0 bridgehead atoms. The van der Waals surface area contributed by atoms with Crippen LogP contribution in [0.15, 0.2) is 64.8 Å². The van der Waals surface area contributed by atoms with Gasteiger partial charge in [0.15, 0.2) is 11.0 Å². The number of rotatable bonds is 7. The second-order valence-electron chi connectivity index (χ2n) is 6.87. The van der Waals surface area contributed by atoms with Gasteiger partial charge in [-0.15, -0.1) is 16.8 Å². The summed E-state index contributed by atoms with van der Waals surface area (Å²) in [7, 11) is 0. The average Bonchev–Trinajstić information content (AvgIpc) is 3.39. The van der Waals surface area contributed by atoms with E-state index in [4.69, 9.17) is 4.52 Å². The van der Waals surface area contributed by atoms with E-state index in [2.05, 4.69) is 26.9 Å². The molecule has 1 unspecified atom stereocenters. The Hall–Kier alpha value is -3.33. The van der Waals surface area contributed by atoms with Crippen LogP contribution in [0.2, 0.25) is 0 Å². The first-order chi connectivity index (χ1) is 15.0. The summed E-state index contributed by atoms with van der Waals surface area (Å²) < 4.78 is 35.3. The third-order valence-corrected chi connectivity index (χ3v) is 5.71. The number of hydrogen-bond donors (Lipinski definition) is 0. The zero-order valence-electron chi connectivity index (χ0n) is 16.9. The molecule has 158 valence electrons. The first-order valence-electron chi connectivity index (χ1n) is 9.53. The van der Waals surface area contributed by atoms with Gasteiger partial charge in [-0.25, -0.2) is 8.78 Å². The van der Waals surface area contributed by atoms with Crippen molar-refractivity contribution in [3.8, 4) is 22.8 Å². The highest BCUT2D eigenvalue weighted by Crippen LogP contribution is 2.35. The molecule has 0 saturated heterocycles. The van der Waals surface area contributed by atoms with Crippen molar-refractivity contribution in [1.29, 1.82) is 0 Å². The molecule has 2 aromatic carbocycles. The van der Waals surface area contributed by atoms with E-state index >= 15 is 0 Å². The molecule has 0 spiro atoms. The van der Waals surface area contributed by atoms with Gasteiger partial charge in [-0.1, -0.05) is 47.3 Å². The van der Waals surface area contributed by atoms with E-state index in [1.54, 1.807) is 47.9 Å². The molecule has 0 aliphatic heterocycles. The molecule has 4 aromatic rings. The lowest BCUT2D eigenvalue weighted by molar-refractivity contribution is 0.380. The quantitative estimate of drug-likeness (QED) is 0.275. The maximum atomic E-state index is 14.3. The minimum Gasteiger partial charge on any atom is -0.338 e. The molecule has 2 heterocycles. The number of allylic oxidation sites excluding steroid dienone is 1. The van der Waals surface area contributed by atoms with Crippen LogP contribution in [-0.4, -0.2) is 24.9 Å². The molecule has 2 aromatic heterocycles. The van der Waals surface area contributed by atoms with Crippen molar-refractivity contribution in [1.82, 2.24) is 24.9 Å². The largest absolute Gasteiger partial charge is 0.338 e. The summed E-state index contributed by atoms with van der Waals surface area (Å²) in [4.78, 5) is 4.40. The van der Waals surface area contributed by atoms with Crippen LogP contribution in [0.4, 0.5) is 8.78 Å². The van der Waals surface area contributed by atoms with Crippen molar-refractivity contribution in [3.05, 3.63) is 78.2 Å². The van der Waals surface area contributed by atoms with E-state index < -0.39 is 0 Å². The van der Waals surface area contributed by atoms with Crippen LogP contribution in [0.25, 0.3) is 22.8 Å². The Balaban J connectivity index is 1.60. The molecule has 0 aliphatic rings. The van der Waals surface area contributed by atoms with E-state index in [9.17, 15) is 8.78 Å². The van der Waals surface area contributed by atoms with E-state index in [-0.39, 0.29) is 16.9 Å². The maximum Gasteiger partial charge on any atom is 0.240 e. The summed E-state index contributed by atoms with van der Waals surface area (Å²) in [6, 6.07) is 11.2. The van der Waals surface area contributed by atoms with Crippen molar-refractivity contribution < 1.29 is 13.3 Å². The van der Waals surface area contributed by atoms with Gasteiger partial charge in [-0.2, -0.15) is 4.98 Å². The van der Waals surface area contributed by atoms with Crippen LogP contribution in [0.5, 0.6) is 0 Å². The Morgan fingerprint density at radius 3 is 2.71 bits per heavy atom. The number of benzene rings is 2. The second-order valence-corrected chi connectivity index (χ2v) is 8.17. The smallest absolute Gasteiger partial charge is 0.240 e. The number of hydrogen-bond acceptors (Lipinski definition) is 6. The molecule has 0 N–H and O–H groups in total. The number of aromatic nitrogens is 5. The Kier molecular flexibility index (Phi) is 5.94. The van der Waals surface area contributed by atoms with Gasteiger partial charge in [0.1, 0.15) is 11.6 Å². The highest BCUT2D eigenvalue weighted by molar-refractivity contribution is 7.99. The predicted molar refractivity (Wildman–Crippen MR) is 114 cm³/mol. The minimum atomic E-state index is -0.378. The highest BCUT2D eigenvalue weighted by Gasteiger charge is 2.22. The van der Waals surface area contributed by atoms with Crippen molar-refractivity contribution in [2.45, 2.75) is 30.8 Å². The number of thioether (sulfide) groups is 1. The highest BCUT2D eigenvalue weighted by atomic mass is 32.2. The zero-order chi connectivity index (χ0) is 22.0. The Labute approximate surface area is 182 Å². The van der Waals surface area contributed by atoms with Gasteiger partial charge in [0.05, 0.1) is 10.8 Å². The van der Waals surface area contributed by atoms with Crippen LogP contribution in [0, 0.1) is 18.6 Å². The molecule has 0 aliphatic carbocycles. The van der Waals surface area contributed by atoms with Crippen molar-refractivity contribution in [2.75, 3.05) is 0 Å². The number of nitrogens with zero attached hydrogens (tertiary/aromatic N) is 5. The number of halogens is 2. The lowest BCUT2D eigenvalue weighted by Crippen LogP contribution is -2.02. The summed E-state index contributed by atoms with van der Waals surface area (Å²) in [5, 5.41) is 12.7. The van der Waals surface area contributed by atoms with Crippen molar-refractivity contribution in [2.24, 2.45) is 0 Å².